The van der Waals surface area contributed by atoms with Crippen LogP contribution in [-0.4, -0.2) is 87.5 Å². The molecule has 1 spiro atoms. The van der Waals surface area contributed by atoms with Crippen LogP contribution < -0.4 is 9.80 Å². The zero-order valence-corrected chi connectivity index (χ0v) is 29.7. The lowest BCUT2D eigenvalue weighted by Crippen LogP contribution is -2.58. The lowest BCUT2D eigenvalue weighted by Gasteiger charge is -2.40. The number of fused-ring (bicyclic) bond motifs is 1. The molecule has 47 heavy (non-hydrogen) atoms. The van der Waals surface area contributed by atoms with Crippen LogP contribution >= 0.6 is 27.7 Å². The molecule has 8 nitrogen and oxygen atoms in total. The van der Waals surface area contributed by atoms with Crippen molar-refractivity contribution in [2.24, 2.45) is 11.8 Å². The number of esters is 1. The van der Waals surface area contributed by atoms with Crippen molar-refractivity contribution in [3.8, 4) is 0 Å². The summed E-state index contributed by atoms with van der Waals surface area (Å²) in [5, 5.41) is 10.6. The number of hydrogen-bond donors (Lipinski definition) is 1. The predicted molar refractivity (Wildman–Crippen MR) is 193 cm³/mol. The molecule has 2 amide bonds. The number of hydrogen-bond acceptors (Lipinski definition) is 7. The van der Waals surface area contributed by atoms with E-state index in [0.29, 0.717) is 24.9 Å². The first-order valence-corrected chi connectivity index (χ1v) is 18.4. The second-order valence-corrected chi connectivity index (χ2v) is 15.2. The van der Waals surface area contributed by atoms with Crippen molar-refractivity contribution in [2.45, 2.75) is 66.4 Å². The third kappa shape index (κ3) is 6.65. The lowest BCUT2D eigenvalue weighted by atomic mass is 9.71. The number of rotatable bonds is 16. The van der Waals surface area contributed by atoms with Gasteiger partial charge in [-0.15, -0.1) is 24.9 Å². The van der Waals surface area contributed by atoms with Gasteiger partial charge in [0.15, 0.2) is 0 Å². The molecule has 3 fully saturated rings. The number of anilines is 2. The molecule has 252 valence electrons. The Hall–Kier alpha value is -3.08. The number of nitrogens with zero attached hydrogens (tertiary/aromatic N) is 3. The molecule has 3 saturated heterocycles. The number of halogens is 1. The minimum atomic E-state index is -0.906. The fourth-order valence-electron chi connectivity index (χ4n) is 7.67. The summed E-state index contributed by atoms with van der Waals surface area (Å²) in [6.07, 6.45) is 5.77. The van der Waals surface area contributed by atoms with Crippen molar-refractivity contribution in [1.82, 2.24) is 4.90 Å². The molecule has 2 bridgehead atoms. The van der Waals surface area contributed by atoms with Crippen LogP contribution in [0.2, 0.25) is 0 Å². The summed E-state index contributed by atoms with van der Waals surface area (Å²) in [5.74, 6) is -2.35. The first kappa shape index (κ1) is 35.2. The van der Waals surface area contributed by atoms with Gasteiger partial charge in [0.05, 0.1) is 35.8 Å². The topological polar surface area (TPSA) is 90.4 Å². The summed E-state index contributed by atoms with van der Waals surface area (Å²) in [4.78, 5) is 49.0. The number of carbonyl (C=O) groups is 3. The number of aliphatic hydroxyl groups excluding tert-OH is 1. The van der Waals surface area contributed by atoms with Crippen molar-refractivity contribution in [1.29, 1.82) is 0 Å². The standard InChI is InChI=1S/C37H46BrN3O5S/c1-5-9-13-21-46-36(45)30-31-34(43)41(28(24-42)22-25-14-11-10-12-15-25)33(37(31)23-29(38)32(30)47-37)35(44)40(20-6-2)27-18-16-26(17-19-27)39(7-3)8-4/h5-6,10-12,14-19,28-33,42H,1-2,7-9,13,20-24H2,3-4H3/t28-,29?,30+,31+,32+,33?,37?/m1/s1. The second-order valence-electron chi connectivity index (χ2n) is 12.5. The van der Waals surface area contributed by atoms with Gasteiger partial charge in [0.1, 0.15) is 6.04 Å². The van der Waals surface area contributed by atoms with Crippen LogP contribution in [0.15, 0.2) is 79.9 Å². The molecular weight excluding hydrogens is 678 g/mol. The summed E-state index contributed by atoms with van der Waals surface area (Å²) in [5.41, 5.74) is 2.71. The summed E-state index contributed by atoms with van der Waals surface area (Å²) in [7, 11) is 0. The number of ether oxygens (including phenoxy) is 1. The maximum absolute atomic E-state index is 15.1. The number of likely N-dealkylation sites (tertiary alicyclic amines) is 1. The average Bonchev–Trinajstić information content (AvgIpc) is 3.68. The molecule has 0 aliphatic carbocycles. The first-order chi connectivity index (χ1) is 22.8. The van der Waals surface area contributed by atoms with E-state index < -0.39 is 34.6 Å². The van der Waals surface area contributed by atoms with Crippen molar-refractivity contribution in [3.05, 3.63) is 85.5 Å². The highest BCUT2D eigenvalue weighted by molar-refractivity contribution is 9.09. The monoisotopic (exact) mass is 723 g/mol. The van der Waals surface area contributed by atoms with Crippen LogP contribution in [0.3, 0.4) is 0 Å². The van der Waals surface area contributed by atoms with E-state index in [1.54, 1.807) is 33.7 Å². The van der Waals surface area contributed by atoms with Gasteiger partial charge in [-0.2, -0.15) is 0 Å². The molecule has 3 heterocycles. The SMILES string of the molecule is C=CCCCOC(=O)[C@H]1[C@H]2C(=O)N([C@@H](CO)Cc3ccccc3)C(C(=O)N(CC=C)c3ccc(N(CC)CC)cc3)C23CC(Br)[C@@H]1S3. The van der Waals surface area contributed by atoms with Gasteiger partial charge >= 0.3 is 5.97 Å². The van der Waals surface area contributed by atoms with Gasteiger partial charge in [0.2, 0.25) is 5.91 Å². The minimum Gasteiger partial charge on any atom is -0.465 e. The highest BCUT2D eigenvalue weighted by atomic mass is 79.9. The molecule has 7 atom stereocenters. The molecule has 3 unspecified atom stereocenters. The van der Waals surface area contributed by atoms with Crippen LogP contribution in [0, 0.1) is 11.8 Å². The van der Waals surface area contributed by atoms with E-state index in [1.165, 1.54) is 0 Å². The number of unbranched alkanes of at least 4 members (excludes halogenated alkanes) is 1. The fourth-order valence-corrected chi connectivity index (χ4v) is 11.3. The number of amides is 2. The zero-order chi connectivity index (χ0) is 33.7. The molecule has 10 heteroatoms. The van der Waals surface area contributed by atoms with E-state index >= 15 is 4.79 Å². The van der Waals surface area contributed by atoms with Crippen molar-refractivity contribution in [3.63, 3.8) is 0 Å². The van der Waals surface area contributed by atoms with E-state index in [1.807, 2.05) is 54.6 Å². The Balaban J connectivity index is 1.56. The largest absolute Gasteiger partial charge is 0.465 e. The lowest BCUT2D eigenvalue weighted by molar-refractivity contribution is -0.154. The second kappa shape index (κ2) is 15.4. The molecule has 0 saturated carbocycles. The van der Waals surface area contributed by atoms with Gasteiger partial charge in [0.25, 0.3) is 5.91 Å². The van der Waals surface area contributed by atoms with Gasteiger partial charge in [0, 0.05) is 41.1 Å². The summed E-state index contributed by atoms with van der Waals surface area (Å²) in [6, 6.07) is 16.0. The zero-order valence-electron chi connectivity index (χ0n) is 27.3. The molecule has 3 aliphatic rings. The van der Waals surface area contributed by atoms with Crippen LogP contribution in [0.1, 0.15) is 38.7 Å². The minimum absolute atomic E-state index is 0.0829. The quantitative estimate of drug-likeness (QED) is 0.104. The Morgan fingerprint density at radius 3 is 2.40 bits per heavy atom. The third-order valence-electron chi connectivity index (χ3n) is 9.82. The van der Waals surface area contributed by atoms with Crippen molar-refractivity contribution in [2.75, 3.05) is 42.6 Å². The number of allylic oxidation sites excluding steroid dienone is 1. The average molecular weight is 725 g/mol. The molecule has 2 aromatic carbocycles. The van der Waals surface area contributed by atoms with E-state index in [0.717, 1.165) is 30.8 Å². The Morgan fingerprint density at radius 1 is 1.11 bits per heavy atom. The molecule has 3 aliphatic heterocycles. The molecule has 0 radical (unpaired) electrons. The molecule has 1 N–H and O–H groups in total. The van der Waals surface area contributed by atoms with E-state index in [2.05, 4.69) is 47.8 Å². The maximum Gasteiger partial charge on any atom is 0.310 e. The third-order valence-corrected chi connectivity index (χ3v) is 13.0. The maximum atomic E-state index is 15.1. The normalized spacial score (nSPS) is 26.5. The van der Waals surface area contributed by atoms with E-state index in [-0.39, 0.29) is 41.6 Å². The highest BCUT2D eigenvalue weighted by Gasteiger charge is 2.76. The number of thioether (sulfide) groups is 1. The van der Waals surface area contributed by atoms with Crippen LogP contribution in [0.5, 0.6) is 0 Å². The Bertz CT molecular complexity index is 1440. The first-order valence-electron chi connectivity index (χ1n) is 16.6. The number of aliphatic hydroxyl groups is 1. The number of carbonyl (C=O) groups excluding carboxylic acids is 3. The molecular formula is C37H46BrN3O5S. The molecule has 0 aromatic heterocycles. The van der Waals surface area contributed by atoms with Crippen LogP contribution in [0.4, 0.5) is 11.4 Å². The van der Waals surface area contributed by atoms with Gasteiger partial charge in [-0.05, 0) is 69.4 Å². The van der Waals surface area contributed by atoms with Crippen molar-refractivity contribution < 1.29 is 24.2 Å². The smallest absolute Gasteiger partial charge is 0.310 e. The fraction of sp³-hybridized carbons (Fsp3) is 0.486. The summed E-state index contributed by atoms with van der Waals surface area (Å²) < 4.78 is 4.87. The van der Waals surface area contributed by atoms with Gasteiger partial charge in [-0.3, -0.25) is 14.4 Å². The Kier molecular flexibility index (Phi) is 11.6. The van der Waals surface area contributed by atoms with E-state index in [9.17, 15) is 14.7 Å². The summed E-state index contributed by atoms with van der Waals surface area (Å²) in [6.45, 7) is 13.8. The molecule has 5 rings (SSSR count). The predicted octanol–water partition coefficient (Wildman–Crippen LogP) is 5.63. The van der Waals surface area contributed by atoms with Crippen LogP contribution in [0.25, 0.3) is 0 Å². The van der Waals surface area contributed by atoms with Crippen molar-refractivity contribution >= 4 is 56.9 Å². The highest BCUT2D eigenvalue weighted by Crippen LogP contribution is 2.68. The van der Waals surface area contributed by atoms with Gasteiger partial charge in [-0.1, -0.05) is 58.4 Å². The number of alkyl halides is 1. The Labute approximate surface area is 291 Å². The van der Waals surface area contributed by atoms with Crippen LogP contribution in [-0.2, 0) is 25.5 Å². The van der Waals surface area contributed by atoms with Gasteiger partial charge in [-0.25, -0.2) is 0 Å². The summed E-state index contributed by atoms with van der Waals surface area (Å²) >= 11 is 5.40. The van der Waals surface area contributed by atoms with E-state index in [4.69, 9.17) is 4.74 Å². The molecule has 2 aromatic rings. The van der Waals surface area contributed by atoms with Gasteiger partial charge < -0.3 is 24.5 Å². The Morgan fingerprint density at radius 2 is 1.79 bits per heavy atom. The number of benzene rings is 2.